The number of hydrogen-bond donors (Lipinski definition) is 1. The summed E-state index contributed by atoms with van der Waals surface area (Å²) in [7, 11) is 0. The van der Waals surface area contributed by atoms with Crippen LogP contribution in [0.3, 0.4) is 0 Å². The topological polar surface area (TPSA) is 21.3 Å². The van der Waals surface area contributed by atoms with Crippen molar-refractivity contribution in [3.05, 3.63) is 20.8 Å². The van der Waals surface area contributed by atoms with E-state index in [1.807, 2.05) is 0 Å². The highest BCUT2D eigenvalue weighted by Crippen LogP contribution is 2.28. The van der Waals surface area contributed by atoms with Gasteiger partial charge >= 0.3 is 0 Å². The van der Waals surface area contributed by atoms with Crippen LogP contribution in [0.5, 0.6) is 0 Å². The Morgan fingerprint density at radius 1 is 1.47 bits per heavy atom. The molecule has 0 spiro atoms. The van der Waals surface area contributed by atoms with Gasteiger partial charge in [0.1, 0.15) is 0 Å². The molecule has 1 heterocycles. The molecule has 1 aliphatic rings. The van der Waals surface area contributed by atoms with Crippen molar-refractivity contribution in [2.24, 2.45) is 5.92 Å². The summed E-state index contributed by atoms with van der Waals surface area (Å²) in [5.74, 6) is 0.873. The summed E-state index contributed by atoms with van der Waals surface area (Å²) in [5, 5.41) is 3.37. The third-order valence-corrected chi connectivity index (χ3v) is 4.03. The summed E-state index contributed by atoms with van der Waals surface area (Å²) in [6.45, 7) is 3.70. The van der Waals surface area contributed by atoms with Crippen molar-refractivity contribution in [1.82, 2.24) is 5.32 Å². The Kier molecular flexibility index (Phi) is 4.62. The van der Waals surface area contributed by atoms with Gasteiger partial charge in [-0.3, -0.25) is 0 Å². The van der Waals surface area contributed by atoms with E-state index in [9.17, 15) is 0 Å². The van der Waals surface area contributed by atoms with E-state index >= 15 is 0 Å². The van der Waals surface area contributed by atoms with Crippen LogP contribution in [-0.4, -0.2) is 19.8 Å². The SMILES string of the molecule is Brc1ccc(CNCCOCC2CC2)s1. The zero-order valence-corrected chi connectivity index (χ0v) is 11.1. The largest absolute Gasteiger partial charge is 0.380 e. The van der Waals surface area contributed by atoms with Gasteiger partial charge < -0.3 is 10.1 Å². The predicted molar refractivity (Wildman–Crippen MR) is 67.3 cm³/mol. The fourth-order valence-corrected chi connectivity index (χ4v) is 2.79. The second kappa shape index (κ2) is 5.99. The normalized spacial score (nSPS) is 15.8. The summed E-state index contributed by atoms with van der Waals surface area (Å²) >= 11 is 5.23. The molecule has 2 rings (SSSR count). The minimum absolute atomic E-state index is 0.836. The first-order valence-corrected chi connectivity index (χ1v) is 6.98. The number of nitrogens with one attached hydrogen (secondary N) is 1. The Bertz CT molecular complexity index is 299. The molecule has 1 saturated carbocycles. The molecule has 0 aromatic carbocycles. The Balaban J connectivity index is 1.47. The van der Waals surface area contributed by atoms with Crippen molar-refractivity contribution in [2.75, 3.05) is 19.8 Å². The van der Waals surface area contributed by atoms with Crippen molar-refractivity contribution < 1.29 is 4.74 Å². The van der Waals surface area contributed by atoms with Crippen LogP contribution < -0.4 is 5.32 Å². The van der Waals surface area contributed by atoms with Crippen molar-refractivity contribution in [1.29, 1.82) is 0 Å². The van der Waals surface area contributed by atoms with Crippen LogP contribution in [0.25, 0.3) is 0 Å². The average molecular weight is 290 g/mol. The van der Waals surface area contributed by atoms with Crippen LogP contribution in [0.1, 0.15) is 17.7 Å². The third kappa shape index (κ3) is 4.64. The van der Waals surface area contributed by atoms with Crippen LogP contribution in [0.2, 0.25) is 0 Å². The Hall–Kier alpha value is 0.1000. The fourth-order valence-electron chi connectivity index (χ4n) is 1.34. The van der Waals surface area contributed by atoms with Crippen molar-refractivity contribution >= 4 is 27.3 Å². The van der Waals surface area contributed by atoms with Crippen molar-refractivity contribution in [3.8, 4) is 0 Å². The maximum Gasteiger partial charge on any atom is 0.0701 e. The lowest BCUT2D eigenvalue weighted by Gasteiger charge is -2.04. The summed E-state index contributed by atoms with van der Waals surface area (Å²) in [6.07, 6.45) is 2.74. The number of thiophene rings is 1. The lowest BCUT2D eigenvalue weighted by atomic mass is 10.4. The van der Waals surface area contributed by atoms with Gasteiger partial charge in [-0.05, 0) is 46.8 Å². The quantitative estimate of drug-likeness (QED) is 0.779. The van der Waals surface area contributed by atoms with Crippen LogP contribution >= 0.6 is 27.3 Å². The van der Waals surface area contributed by atoms with Gasteiger partial charge in [0.25, 0.3) is 0 Å². The molecule has 84 valence electrons. The number of halogens is 1. The molecule has 1 aromatic heterocycles. The van der Waals surface area contributed by atoms with E-state index in [-0.39, 0.29) is 0 Å². The third-order valence-electron chi connectivity index (χ3n) is 2.40. The Morgan fingerprint density at radius 2 is 2.33 bits per heavy atom. The van der Waals surface area contributed by atoms with Crippen LogP contribution in [0.15, 0.2) is 15.9 Å². The molecule has 2 nitrogen and oxygen atoms in total. The molecule has 0 unspecified atom stereocenters. The van der Waals surface area contributed by atoms with Gasteiger partial charge in [0.05, 0.1) is 10.4 Å². The first kappa shape index (κ1) is 11.6. The zero-order valence-electron chi connectivity index (χ0n) is 8.67. The Morgan fingerprint density at radius 3 is 3.00 bits per heavy atom. The molecular formula is C11H16BrNOS. The molecule has 15 heavy (non-hydrogen) atoms. The van der Waals surface area contributed by atoms with Gasteiger partial charge in [0, 0.05) is 24.6 Å². The molecule has 0 atom stereocenters. The molecular weight excluding hydrogens is 274 g/mol. The second-order valence-corrected chi connectivity index (χ2v) is 6.45. The summed E-state index contributed by atoms with van der Waals surface area (Å²) in [4.78, 5) is 1.36. The molecule has 0 aliphatic heterocycles. The molecule has 0 amide bonds. The van der Waals surface area contributed by atoms with E-state index in [4.69, 9.17) is 4.74 Å². The molecule has 1 N–H and O–H groups in total. The lowest BCUT2D eigenvalue weighted by Crippen LogP contribution is -2.19. The zero-order chi connectivity index (χ0) is 10.5. The first-order valence-electron chi connectivity index (χ1n) is 5.37. The van der Waals surface area contributed by atoms with Gasteiger partial charge in [0.2, 0.25) is 0 Å². The van der Waals surface area contributed by atoms with E-state index in [0.717, 1.165) is 32.2 Å². The van der Waals surface area contributed by atoms with Gasteiger partial charge in [-0.1, -0.05) is 0 Å². The first-order chi connectivity index (χ1) is 7.34. The van der Waals surface area contributed by atoms with E-state index in [1.54, 1.807) is 11.3 Å². The molecule has 1 fully saturated rings. The average Bonchev–Trinajstić information content (AvgIpc) is 2.95. The maximum absolute atomic E-state index is 5.53. The summed E-state index contributed by atoms with van der Waals surface area (Å²) in [5.41, 5.74) is 0. The highest BCUT2D eigenvalue weighted by molar-refractivity contribution is 9.11. The highest BCUT2D eigenvalue weighted by atomic mass is 79.9. The standard InChI is InChI=1S/C11H16BrNOS/c12-11-4-3-10(15-11)7-13-5-6-14-8-9-1-2-9/h3-4,9,13H,1-2,5-8H2. The highest BCUT2D eigenvalue weighted by Gasteiger charge is 2.20. The monoisotopic (exact) mass is 289 g/mol. The van der Waals surface area contributed by atoms with Crippen molar-refractivity contribution in [3.63, 3.8) is 0 Å². The molecule has 1 aromatic rings. The molecule has 0 bridgehead atoms. The lowest BCUT2D eigenvalue weighted by molar-refractivity contribution is 0.126. The van der Waals surface area contributed by atoms with Gasteiger partial charge in [0.15, 0.2) is 0 Å². The van der Waals surface area contributed by atoms with Crippen LogP contribution in [0, 0.1) is 5.92 Å². The molecule has 0 saturated heterocycles. The smallest absolute Gasteiger partial charge is 0.0701 e. The van der Waals surface area contributed by atoms with Crippen molar-refractivity contribution in [2.45, 2.75) is 19.4 Å². The van der Waals surface area contributed by atoms with E-state index in [0.29, 0.717) is 0 Å². The minimum atomic E-state index is 0.836. The van der Waals surface area contributed by atoms with Crippen LogP contribution in [0.4, 0.5) is 0 Å². The molecule has 0 radical (unpaired) electrons. The summed E-state index contributed by atoms with van der Waals surface area (Å²) < 4.78 is 6.73. The number of rotatable bonds is 7. The summed E-state index contributed by atoms with van der Waals surface area (Å²) in [6, 6.07) is 4.23. The fraction of sp³-hybridized carbons (Fsp3) is 0.636. The number of ether oxygens (including phenoxy) is 1. The van der Waals surface area contributed by atoms with Gasteiger partial charge in [-0.25, -0.2) is 0 Å². The van der Waals surface area contributed by atoms with Gasteiger partial charge in [-0.15, -0.1) is 11.3 Å². The predicted octanol–water partition coefficient (Wildman–Crippen LogP) is 3.03. The van der Waals surface area contributed by atoms with E-state index < -0.39 is 0 Å². The van der Waals surface area contributed by atoms with E-state index in [1.165, 1.54) is 21.5 Å². The maximum atomic E-state index is 5.53. The van der Waals surface area contributed by atoms with Gasteiger partial charge in [-0.2, -0.15) is 0 Å². The van der Waals surface area contributed by atoms with Crippen LogP contribution in [-0.2, 0) is 11.3 Å². The minimum Gasteiger partial charge on any atom is -0.380 e. The van der Waals surface area contributed by atoms with E-state index in [2.05, 4.69) is 33.4 Å². The molecule has 4 heteroatoms. The molecule has 1 aliphatic carbocycles. The second-order valence-electron chi connectivity index (χ2n) is 3.90. The number of hydrogen-bond acceptors (Lipinski definition) is 3. The Labute approximate surface area is 103 Å².